The number of nitrogens with zero attached hydrogens (tertiary/aromatic N) is 1. The van der Waals surface area contributed by atoms with Gasteiger partial charge < -0.3 is 10.1 Å². The van der Waals surface area contributed by atoms with Crippen molar-refractivity contribution in [1.82, 2.24) is 0 Å². The summed E-state index contributed by atoms with van der Waals surface area (Å²) in [5, 5.41) is 13.5. The fourth-order valence-corrected chi connectivity index (χ4v) is 3.59. The summed E-state index contributed by atoms with van der Waals surface area (Å²) < 4.78 is 5.61. The number of rotatable bonds is 6. The Morgan fingerprint density at radius 3 is 2.41 bits per heavy atom. The molecule has 1 aliphatic rings. The third-order valence-electron chi connectivity index (χ3n) is 4.93. The van der Waals surface area contributed by atoms with E-state index >= 15 is 0 Å². The Hall–Kier alpha value is -2.93. The number of halogens is 1. The number of nitrogens with one attached hydrogen (secondary N) is 1. The molecule has 1 fully saturated rings. The smallest absolute Gasteiger partial charge is 0.310 e. The average molecular weight is 417 g/mol. The molecule has 0 saturated heterocycles. The van der Waals surface area contributed by atoms with Gasteiger partial charge in [0.15, 0.2) is 0 Å². The molecule has 152 valence electrons. The van der Waals surface area contributed by atoms with E-state index < -0.39 is 16.9 Å². The molecule has 29 heavy (non-hydrogen) atoms. The molecular weight excluding hydrogens is 396 g/mol. The average Bonchev–Trinajstić information content (AvgIpc) is 2.74. The second kappa shape index (κ2) is 9.52. The monoisotopic (exact) mass is 416 g/mol. The van der Waals surface area contributed by atoms with E-state index in [1.54, 1.807) is 30.3 Å². The number of nitro groups is 1. The Labute approximate surface area is 173 Å². The lowest BCUT2D eigenvalue weighted by Crippen LogP contribution is -2.29. The maximum Gasteiger partial charge on any atom is 0.310 e. The molecule has 0 unspecified atom stereocenters. The quantitative estimate of drug-likeness (QED) is 0.403. The fraction of sp³-hybridized carbons (Fsp3) is 0.333. The van der Waals surface area contributed by atoms with E-state index in [9.17, 15) is 19.7 Å². The van der Waals surface area contributed by atoms with E-state index in [2.05, 4.69) is 5.32 Å². The molecule has 1 N–H and O–H groups in total. The Morgan fingerprint density at radius 2 is 1.79 bits per heavy atom. The minimum atomic E-state index is -1.14. The molecule has 8 heteroatoms. The van der Waals surface area contributed by atoms with Crippen LogP contribution in [0, 0.1) is 16.0 Å². The molecule has 2 aromatic carbocycles. The molecular formula is C21H21ClN2O5. The maximum atomic E-state index is 12.9. The third-order valence-corrected chi connectivity index (χ3v) is 5.25. The summed E-state index contributed by atoms with van der Waals surface area (Å²) in [4.78, 5) is 35.8. The number of hydrogen-bond acceptors (Lipinski definition) is 5. The topological polar surface area (TPSA) is 98.5 Å². The van der Waals surface area contributed by atoms with Crippen LogP contribution in [0.25, 0.3) is 0 Å². The molecule has 2 aromatic rings. The number of esters is 1. The Kier molecular flexibility index (Phi) is 6.82. The molecule has 0 aromatic heterocycles. The van der Waals surface area contributed by atoms with Crippen molar-refractivity contribution in [2.45, 2.75) is 38.2 Å². The van der Waals surface area contributed by atoms with Crippen LogP contribution in [0.3, 0.4) is 0 Å². The summed E-state index contributed by atoms with van der Waals surface area (Å²) in [5.41, 5.74) is 0.556. The molecule has 3 rings (SSSR count). The van der Waals surface area contributed by atoms with Crippen LogP contribution in [0.4, 0.5) is 11.4 Å². The largest absolute Gasteiger partial charge is 0.447 e. The molecule has 0 heterocycles. The Bertz CT molecular complexity index is 897. The van der Waals surface area contributed by atoms with Gasteiger partial charge in [0, 0.05) is 17.7 Å². The number of hydrogen-bond donors (Lipinski definition) is 1. The molecule has 1 atom stereocenters. The van der Waals surface area contributed by atoms with Gasteiger partial charge in [-0.2, -0.15) is 0 Å². The van der Waals surface area contributed by atoms with Gasteiger partial charge >= 0.3 is 5.97 Å². The van der Waals surface area contributed by atoms with Crippen LogP contribution in [0.15, 0.2) is 48.5 Å². The van der Waals surface area contributed by atoms with Crippen molar-refractivity contribution in [1.29, 1.82) is 0 Å². The zero-order chi connectivity index (χ0) is 20.8. The summed E-state index contributed by atoms with van der Waals surface area (Å²) in [6.07, 6.45) is 3.43. The van der Waals surface area contributed by atoms with Crippen molar-refractivity contribution in [2.75, 3.05) is 5.32 Å². The number of benzene rings is 2. The summed E-state index contributed by atoms with van der Waals surface area (Å²) in [6, 6.07) is 12.5. The van der Waals surface area contributed by atoms with Crippen LogP contribution in [0.2, 0.25) is 5.02 Å². The second-order valence-electron chi connectivity index (χ2n) is 6.97. The number of non-ortho nitro benzene ring substituents is 1. The highest BCUT2D eigenvalue weighted by atomic mass is 35.5. The summed E-state index contributed by atoms with van der Waals surface area (Å²) in [6.45, 7) is 0. The van der Waals surface area contributed by atoms with Gasteiger partial charge in [-0.15, -0.1) is 0 Å². The first-order valence-electron chi connectivity index (χ1n) is 9.46. The molecule has 0 radical (unpaired) electrons. The normalized spacial score (nSPS) is 15.3. The number of amides is 1. The third kappa shape index (κ3) is 5.32. The summed E-state index contributed by atoms with van der Waals surface area (Å²) >= 11 is 6.07. The highest BCUT2D eigenvalue weighted by Crippen LogP contribution is 2.30. The molecule has 1 saturated carbocycles. The van der Waals surface area contributed by atoms with Gasteiger partial charge in [-0.3, -0.25) is 19.7 Å². The van der Waals surface area contributed by atoms with Crippen LogP contribution in [-0.4, -0.2) is 16.8 Å². The van der Waals surface area contributed by atoms with Crippen molar-refractivity contribution < 1.29 is 19.2 Å². The summed E-state index contributed by atoms with van der Waals surface area (Å²) in [5.74, 6) is -1.16. The van der Waals surface area contributed by atoms with Crippen molar-refractivity contribution >= 4 is 34.9 Å². The van der Waals surface area contributed by atoms with Crippen LogP contribution in [-0.2, 0) is 14.3 Å². The first-order chi connectivity index (χ1) is 14.0. The van der Waals surface area contributed by atoms with Gasteiger partial charge in [-0.1, -0.05) is 61.2 Å². The van der Waals surface area contributed by atoms with E-state index in [0.717, 1.165) is 38.2 Å². The fourth-order valence-electron chi connectivity index (χ4n) is 3.37. The molecule has 1 aliphatic carbocycles. The van der Waals surface area contributed by atoms with Gasteiger partial charge in [0.05, 0.1) is 21.6 Å². The van der Waals surface area contributed by atoms with E-state index in [-0.39, 0.29) is 28.3 Å². The molecule has 0 bridgehead atoms. The Morgan fingerprint density at radius 1 is 1.10 bits per heavy atom. The number of carbonyl (C=O) groups is 2. The van der Waals surface area contributed by atoms with Gasteiger partial charge in [0.1, 0.15) is 0 Å². The van der Waals surface area contributed by atoms with E-state index in [4.69, 9.17) is 16.3 Å². The van der Waals surface area contributed by atoms with Gasteiger partial charge in [-0.25, -0.2) is 0 Å². The predicted molar refractivity (Wildman–Crippen MR) is 109 cm³/mol. The number of nitro benzene ring substituents is 1. The highest BCUT2D eigenvalue weighted by molar-refractivity contribution is 6.34. The molecule has 0 aliphatic heterocycles. The zero-order valence-corrected chi connectivity index (χ0v) is 16.4. The zero-order valence-electron chi connectivity index (χ0n) is 15.7. The van der Waals surface area contributed by atoms with Crippen molar-refractivity contribution in [3.05, 3.63) is 69.2 Å². The van der Waals surface area contributed by atoms with Gasteiger partial charge in [0.2, 0.25) is 6.10 Å². The van der Waals surface area contributed by atoms with Crippen LogP contribution < -0.4 is 5.32 Å². The summed E-state index contributed by atoms with van der Waals surface area (Å²) in [7, 11) is 0. The molecule has 7 nitrogen and oxygen atoms in total. The van der Waals surface area contributed by atoms with E-state index in [0.29, 0.717) is 5.56 Å². The first kappa shape index (κ1) is 20.8. The minimum Gasteiger partial charge on any atom is -0.447 e. The van der Waals surface area contributed by atoms with E-state index in [1.165, 1.54) is 12.1 Å². The second-order valence-corrected chi connectivity index (χ2v) is 7.38. The predicted octanol–water partition coefficient (Wildman–Crippen LogP) is 5.05. The number of carbonyl (C=O) groups excluding carboxylic acids is 2. The van der Waals surface area contributed by atoms with Crippen LogP contribution >= 0.6 is 11.6 Å². The molecule has 0 spiro atoms. The SMILES string of the molecule is O=C(O[C@H](C(=O)Nc1ccc([N+](=O)[O-])cc1Cl)c1ccccc1)C1CCCCC1. The number of ether oxygens (including phenoxy) is 1. The Balaban J connectivity index is 1.79. The standard InChI is InChI=1S/C21H21ClN2O5/c22-17-13-16(24(27)28)11-12-18(17)23-20(25)19(14-7-3-1-4-8-14)29-21(26)15-9-5-2-6-10-15/h1,3-4,7-8,11-13,15,19H,2,5-6,9-10H2,(H,23,25)/t19-/m0/s1. The van der Waals surface area contributed by atoms with Gasteiger partial charge in [-0.05, 0) is 18.9 Å². The minimum absolute atomic E-state index is 0.0259. The van der Waals surface area contributed by atoms with E-state index in [1.807, 2.05) is 0 Å². The first-order valence-corrected chi connectivity index (χ1v) is 9.84. The lowest BCUT2D eigenvalue weighted by molar-refractivity contribution is -0.384. The van der Waals surface area contributed by atoms with Crippen molar-refractivity contribution in [3.63, 3.8) is 0 Å². The van der Waals surface area contributed by atoms with Crippen molar-refractivity contribution in [3.8, 4) is 0 Å². The molecule has 1 amide bonds. The lowest BCUT2D eigenvalue weighted by Gasteiger charge is -2.24. The highest BCUT2D eigenvalue weighted by Gasteiger charge is 2.30. The van der Waals surface area contributed by atoms with Crippen molar-refractivity contribution in [2.24, 2.45) is 5.92 Å². The van der Waals surface area contributed by atoms with Gasteiger partial charge in [0.25, 0.3) is 11.6 Å². The maximum absolute atomic E-state index is 12.9. The van der Waals surface area contributed by atoms with Crippen LogP contribution in [0.1, 0.15) is 43.8 Å². The number of anilines is 1. The van der Waals surface area contributed by atoms with Crippen LogP contribution in [0.5, 0.6) is 0 Å². The lowest BCUT2D eigenvalue weighted by atomic mass is 9.89.